The molecule has 14 heavy (non-hydrogen) atoms. The Morgan fingerprint density at radius 2 is 2.21 bits per heavy atom. The first kappa shape index (κ1) is 11.4. The number of carbonyl (C=O) groups is 1. The summed E-state index contributed by atoms with van der Waals surface area (Å²) in [6.07, 6.45) is 2.76. The van der Waals surface area contributed by atoms with Crippen LogP contribution < -0.4 is 0 Å². The Morgan fingerprint density at radius 3 is 2.79 bits per heavy atom. The number of thiophene rings is 1. The van der Waals surface area contributed by atoms with Crippen LogP contribution in [0, 0.1) is 0 Å². The monoisotopic (exact) mass is 210 g/mol. The number of Topliss-reactive ketones (excluding diaryl/α,β-unsaturated/α-hetero) is 1. The summed E-state index contributed by atoms with van der Waals surface area (Å²) >= 11 is 1.59. The minimum atomic E-state index is 0.298. The van der Waals surface area contributed by atoms with Crippen LogP contribution in [-0.4, -0.2) is 5.78 Å². The highest BCUT2D eigenvalue weighted by atomic mass is 32.1. The molecule has 2 heteroatoms. The van der Waals surface area contributed by atoms with Crippen LogP contribution in [0.25, 0.3) is 0 Å². The second-order valence-electron chi connectivity index (χ2n) is 3.73. The molecule has 0 bridgehead atoms. The van der Waals surface area contributed by atoms with Crippen molar-refractivity contribution in [1.82, 2.24) is 0 Å². The first-order valence-electron chi connectivity index (χ1n) is 5.30. The number of ketones is 1. The van der Waals surface area contributed by atoms with E-state index in [1.54, 1.807) is 11.3 Å². The molecule has 0 aliphatic carbocycles. The zero-order valence-electron chi connectivity index (χ0n) is 9.17. The topological polar surface area (TPSA) is 17.1 Å². The first-order chi connectivity index (χ1) is 6.69. The summed E-state index contributed by atoms with van der Waals surface area (Å²) in [4.78, 5) is 12.5. The van der Waals surface area contributed by atoms with Crippen molar-refractivity contribution >= 4 is 17.1 Å². The van der Waals surface area contributed by atoms with Crippen LogP contribution in [0.4, 0.5) is 0 Å². The molecule has 0 radical (unpaired) electrons. The molecule has 1 nitrogen and oxygen atoms in total. The third-order valence-corrected chi connectivity index (χ3v) is 3.54. The van der Waals surface area contributed by atoms with E-state index in [2.05, 4.69) is 25.3 Å². The van der Waals surface area contributed by atoms with Crippen molar-refractivity contribution < 1.29 is 4.79 Å². The Hall–Kier alpha value is -0.630. The molecule has 1 heterocycles. The molecular formula is C12H18OS. The number of hydrogen-bond donors (Lipinski definition) is 0. The zero-order valence-corrected chi connectivity index (χ0v) is 9.99. The second kappa shape index (κ2) is 5.30. The Labute approximate surface area is 90.2 Å². The van der Waals surface area contributed by atoms with Gasteiger partial charge in [-0.15, -0.1) is 11.3 Å². The Balaban J connectivity index is 2.72. The van der Waals surface area contributed by atoms with Gasteiger partial charge in [-0.2, -0.15) is 0 Å². The Bertz CT molecular complexity index is 301. The fourth-order valence-corrected chi connectivity index (χ4v) is 2.34. The summed E-state index contributed by atoms with van der Waals surface area (Å²) in [7, 11) is 0. The van der Waals surface area contributed by atoms with Gasteiger partial charge < -0.3 is 0 Å². The number of carbonyl (C=O) groups excluding carboxylic acids is 1. The molecule has 0 aromatic carbocycles. The second-order valence-corrected chi connectivity index (χ2v) is 4.64. The molecule has 78 valence electrons. The van der Waals surface area contributed by atoms with Crippen LogP contribution >= 0.6 is 11.3 Å². The summed E-state index contributed by atoms with van der Waals surface area (Å²) in [5.41, 5.74) is 1.32. The largest absolute Gasteiger partial charge is 0.293 e. The van der Waals surface area contributed by atoms with E-state index in [-0.39, 0.29) is 0 Å². The summed E-state index contributed by atoms with van der Waals surface area (Å²) in [6, 6.07) is 2.07. The van der Waals surface area contributed by atoms with Gasteiger partial charge in [0.05, 0.1) is 4.88 Å². The molecule has 0 aliphatic heterocycles. The van der Waals surface area contributed by atoms with Gasteiger partial charge in [-0.05, 0) is 35.8 Å². The Kier molecular flexibility index (Phi) is 4.33. The molecule has 0 saturated carbocycles. The van der Waals surface area contributed by atoms with E-state index in [1.807, 2.05) is 6.92 Å². The third kappa shape index (κ3) is 2.68. The van der Waals surface area contributed by atoms with E-state index in [9.17, 15) is 4.79 Å². The van der Waals surface area contributed by atoms with Crippen molar-refractivity contribution in [3.8, 4) is 0 Å². The minimum absolute atomic E-state index is 0.298. The first-order valence-corrected chi connectivity index (χ1v) is 6.18. The van der Waals surface area contributed by atoms with Crippen LogP contribution in [0.5, 0.6) is 0 Å². The zero-order chi connectivity index (χ0) is 10.6. The fraction of sp³-hybridized carbons (Fsp3) is 0.583. The number of hydrogen-bond acceptors (Lipinski definition) is 2. The van der Waals surface area contributed by atoms with Crippen molar-refractivity contribution in [2.45, 2.75) is 46.0 Å². The van der Waals surface area contributed by atoms with Gasteiger partial charge in [0.15, 0.2) is 5.78 Å². The van der Waals surface area contributed by atoms with Crippen molar-refractivity contribution in [1.29, 1.82) is 0 Å². The van der Waals surface area contributed by atoms with E-state index in [0.29, 0.717) is 18.1 Å². The van der Waals surface area contributed by atoms with E-state index in [1.165, 1.54) is 5.56 Å². The van der Waals surface area contributed by atoms with Gasteiger partial charge in [-0.25, -0.2) is 0 Å². The van der Waals surface area contributed by atoms with E-state index >= 15 is 0 Å². The lowest BCUT2D eigenvalue weighted by Gasteiger charge is -2.03. The lowest BCUT2D eigenvalue weighted by Crippen LogP contribution is -1.94. The highest BCUT2D eigenvalue weighted by Gasteiger charge is 2.10. The lowest BCUT2D eigenvalue weighted by molar-refractivity contribution is 0.0985. The average Bonchev–Trinajstić information content (AvgIpc) is 2.66. The van der Waals surface area contributed by atoms with Gasteiger partial charge in [-0.3, -0.25) is 4.79 Å². The standard InChI is InChI=1S/C12H18OS/c1-4-6-11(13)12-7-10(8-14-12)9(3)5-2/h7-9H,4-6H2,1-3H3. The molecule has 0 spiro atoms. The maximum atomic E-state index is 11.6. The predicted molar refractivity (Wildman–Crippen MR) is 62.3 cm³/mol. The van der Waals surface area contributed by atoms with Crippen LogP contribution in [0.1, 0.15) is 61.2 Å². The quantitative estimate of drug-likeness (QED) is 0.664. The normalized spacial score (nSPS) is 12.8. The van der Waals surface area contributed by atoms with Crippen molar-refractivity contribution in [2.75, 3.05) is 0 Å². The summed E-state index contributed by atoms with van der Waals surface area (Å²) < 4.78 is 0. The lowest BCUT2D eigenvalue weighted by atomic mass is 10.0. The molecule has 1 atom stereocenters. The van der Waals surface area contributed by atoms with Gasteiger partial charge >= 0.3 is 0 Å². The minimum Gasteiger partial charge on any atom is -0.293 e. The average molecular weight is 210 g/mol. The van der Waals surface area contributed by atoms with Gasteiger partial charge in [0, 0.05) is 6.42 Å². The molecule has 1 rings (SSSR count). The van der Waals surface area contributed by atoms with Crippen LogP contribution in [-0.2, 0) is 0 Å². The highest BCUT2D eigenvalue weighted by Crippen LogP contribution is 2.25. The maximum absolute atomic E-state index is 11.6. The van der Waals surface area contributed by atoms with E-state index in [4.69, 9.17) is 0 Å². The summed E-state index contributed by atoms with van der Waals surface area (Å²) in [6.45, 7) is 6.42. The van der Waals surface area contributed by atoms with E-state index in [0.717, 1.165) is 17.7 Å². The van der Waals surface area contributed by atoms with Crippen molar-refractivity contribution in [3.05, 3.63) is 21.9 Å². The highest BCUT2D eigenvalue weighted by molar-refractivity contribution is 7.12. The van der Waals surface area contributed by atoms with Gasteiger partial charge in [0.25, 0.3) is 0 Å². The SMILES string of the molecule is CCCC(=O)c1cc(C(C)CC)cs1. The molecule has 1 aromatic rings. The third-order valence-electron chi connectivity index (χ3n) is 2.55. The summed E-state index contributed by atoms with van der Waals surface area (Å²) in [5.74, 6) is 0.876. The van der Waals surface area contributed by atoms with E-state index < -0.39 is 0 Å². The summed E-state index contributed by atoms with van der Waals surface area (Å²) in [5, 5.41) is 2.12. The predicted octanol–water partition coefficient (Wildman–Crippen LogP) is 4.24. The molecule has 0 N–H and O–H groups in total. The Morgan fingerprint density at radius 1 is 1.50 bits per heavy atom. The smallest absolute Gasteiger partial charge is 0.172 e. The van der Waals surface area contributed by atoms with Crippen LogP contribution in [0.3, 0.4) is 0 Å². The molecule has 0 amide bonds. The van der Waals surface area contributed by atoms with Crippen molar-refractivity contribution in [3.63, 3.8) is 0 Å². The molecular weight excluding hydrogens is 192 g/mol. The van der Waals surface area contributed by atoms with Crippen molar-refractivity contribution in [2.24, 2.45) is 0 Å². The number of rotatable bonds is 5. The molecule has 1 unspecified atom stereocenters. The van der Waals surface area contributed by atoms with Crippen LogP contribution in [0.15, 0.2) is 11.4 Å². The molecule has 1 aromatic heterocycles. The van der Waals surface area contributed by atoms with Gasteiger partial charge in [0.2, 0.25) is 0 Å². The molecule has 0 fully saturated rings. The fourth-order valence-electron chi connectivity index (χ4n) is 1.34. The molecule has 0 aliphatic rings. The van der Waals surface area contributed by atoms with Crippen LogP contribution in [0.2, 0.25) is 0 Å². The molecule has 0 saturated heterocycles. The maximum Gasteiger partial charge on any atom is 0.172 e. The van der Waals surface area contributed by atoms with Gasteiger partial charge in [0.1, 0.15) is 0 Å². The van der Waals surface area contributed by atoms with Gasteiger partial charge in [-0.1, -0.05) is 20.8 Å².